The average molecular weight is 391 g/mol. The van der Waals surface area contributed by atoms with Crippen LogP contribution >= 0.6 is 0 Å². The van der Waals surface area contributed by atoms with Crippen LogP contribution in [0, 0.1) is 5.92 Å². The van der Waals surface area contributed by atoms with E-state index in [-0.39, 0.29) is 0 Å². The summed E-state index contributed by atoms with van der Waals surface area (Å²) in [5.41, 5.74) is 1.18. The normalized spacial score (nSPS) is 16.8. The second kappa shape index (κ2) is 12.6. The van der Waals surface area contributed by atoms with Gasteiger partial charge in [-0.25, -0.2) is 0 Å². The first-order chi connectivity index (χ1) is 13.6. The molecule has 0 aliphatic carbocycles. The van der Waals surface area contributed by atoms with Crippen LogP contribution in [0.4, 0.5) is 0 Å². The Balaban J connectivity index is 1.73. The summed E-state index contributed by atoms with van der Waals surface area (Å²) < 4.78 is 11.3. The number of hydrogen-bond acceptors (Lipinski definition) is 4. The van der Waals surface area contributed by atoms with Crippen LogP contribution < -0.4 is 15.4 Å². The minimum absolute atomic E-state index is 0.406. The zero-order valence-electron chi connectivity index (χ0n) is 18.0. The maximum absolute atomic E-state index is 5.95. The van der Waals surface area contributed by atoms with Gasteiger partial charge in [0.05, 0.1) is 13.2 Å². The Bertz CT molecular complexity index is 586. The number of aliphatic imine (C=N–C) groups is 1. The van der Waals surface area contributed by atoms with Crippen LogP contribution in [0.1, 0.15) is 39.2 Å². The van der Waals surface area contributed by atoms with Crippen LogP contribution in [0.15, 0.2) is 29.3 Å². The van der Waals surface area contributed by atoms with Crippen molar-refractivity contribution in [2.45, 2.75) is 46.2 Å². The molecule has 28 heavy (non-hydrogen) atoms. The summed E-state index contributed by atoms with van der Waals surface area (Å²) in [4.78, 5) is 6.72. The van der Waals surface area contributed by atoms with E-state index < -0.39 is 0 Å². The maximum Gasteiger partial charge on any atom is 0.191 e. The van der Waals surface area contributed by atoms with Gasteiger partial charge in [-0.3, -0.25) is 9.89 Å². The molecule has 1 atom stereocenters. The number of morpholine rings is 1. The third-order valence-corrected chi connectivity index (χ3v) is 4.92. The highest BCUT2D eigenvalue weighted by Crippen LogP contribution is 2.13. The molecule has 6 heteroatoms. The van der Waals surface area contributed by atoms with E-state index in [9.17, 15) is 0 Å². The number of ether oxygens (including phenoxy) is 2. The fraction of sp³-hybridized carbons (Fsp3) is 0.682. The van der Waals surface area contributed by atoms with Crippen molar-refractivity contribution in [2.75, 3.05) is 46.5 Å². The maximum atomic E-state index is 5.95. The Morgan fingerprint density at radius 2 is 2.00 bits per heavy atom. The van der Waals surface area contributed by atoms with E-state index in [1.165, 1.54) is 12.0 Å². The van der Waals surface area contributed by atoms with Gasteiger partial charge in [0.1, 0.15) is 12.4 Å². The van der Waals surface area contributed by atoms with Crippen molar-refractivity contribution < 1.29 is 9.47 Å². The molecule has 1 unspecified atom stereocenters. The van der Waals surface area contributed by atoms with Gasteiger partial charge in [0.25, 0.3) is 0 Å². The number of hydrogen-bond donors (Lipinski definition) is 2. The lowest BCUT2D eigenvalue weighted by molar-refractivity contribution is 0.0322. The van der Waals surface area contributed by atoms with Crippen molar-refractivity contribution in [3.8, 4) is 5.75 Å². The summed E-state index contributed by atoms with van der Waals surface area (Å²) >= 11 is 0. The van der Waals surface area contributed by atoms with Crippen molar-refractivity contribution in [2.24, 2.45) is 10.9 Å². The summed E-state index contributed by atoms with van der Waals surface area (Å²) in [6, 6.07) is 8.68. The molecular formula is C22H38N4O2. The number of nitrogens with zero attached hydrogens (tertiary/aromatic N) is 2. The van der Waals surface area contributed by atoms with Crippen molar-refractivity contribution in [3.63, 3.8) is 0 Å². The number of benzene rings is 1. The Morgan fingerprint density at radius 3 is 2.71 bits per heavy atom. The van der Waals surface area contributed by atoms with E-state index >= 15 is 0 Å². The molecule has 1 aromatic rings. The fourth-order valence-electron chi connectivity index (χ4n) is 3.13. The Kier molecular flexibility index (Phi) is 10.1. The Morgan fingerprint density at radius 1 is 1.21 bits per heavy atom. The fourth-order valence-corrected chi connectivity index (χ4v) is 3.13. The van der Waals surface area contributed by atoms with Crippen LogP contribution in [0.5, 0.6) is 5.75 Å². The van der Waals surface area contributed by atoms with Crippen molar-refractivity contribution >= 4 is 5.96 Å². The standard InChI is InChI=1S/C22H38N4O2/c1-18(2)8-9-19(3)25-22(23-4)24-17-20-6-5-7-21(16-20)28-15-12-26-10-13-27-14-11-26/h5-7,16,18-19H,8-15,17H2,1-4H3,(H2,23,24,25). The Labute approximate surface area is 170 Å². The highest BCUT2D eigenvalue weighted by molar-refractivity contribution is 5.79. The topological polar surface area (TPSA) is 58.1 Å². The predicted molar refractivity (Wildman–Crippen MR) is 116 cm³/mol. The smallest absolute Gasteiger partial charge is 0.191 e. The van der Waals surface area contributed by atoms with Crippen molar-refractivity contribution in [3.05, 3.63) is 29.8 Å². The summed E-state index contributed by atoms with van der Waals surface area (Å²) in [5, 5.41) is 6.87. The molecular weight excluding hydrogens is 352 g/mol. The molecule has 0 radical (unpaired) electrons. The molecule has 0 bridgehead atoms. The van der Waals surface area contributed by atoms with E-state index in [1.54, 1.807) is 0 Å². The molecule has 158 valence electrons. The summed E-state index contributed by atoms with van der Waals surface area (Å²) in [6.45, 7) is 12.7. The number of nitrogens with one attached hydrogen (secondary N) is 2. The Hall–Kier alpha value is -1.79. The van der Waals surface area contributed by atoms with E-state index in [1.807, 2.05) is 19.2 Å². The summed E-state index contributed by atoms with van der Waals surface area (Å²) in [7, 11) is 1.82. The molecule has 2 rings (SSSR count). The van der Waals surface area contributed by atoms with Crippen LogP contribution in [0.25, 0.3) is 0 Å². The molecule has 1 aliphatic rings. The average Bonchev–Trinajstić information content (AvgIpc) is 2.70. The lowest BCUT2D eigenvalue weighted by Crippen LogP contribution is -2.41. The first kappa shape index (κ1) is 22.5. The highest BCUT2D eigenvalue weighted by Gasteiger charge is 2.10. The second-order valence-corrected chi connectivity index (χ2v) is 7.89. The minimum atomic E-state index is 0.406. The highest BCUT2D eigenvalue weighted by atomic mass is 16.5. The second-order valence-electron chi connectivity index (χ2n) is 7.89. The third kappa shape index (κ3) is 8.93. The molecule has 0 spiro atoms. The van der Waals surface area contributed by atoms with Crippen LogP contribution in [0.3, 0.4) is 0 Å². The molecule has 0 aromatic heterocycles. The molecule has 0 amide bonds. The zero-order valence-corrected chi connectivity index (χ0v) is 18.0. The van der Waals surface area contributed by atoms with Gasteiger partial charge in [-0.2, -0.15) is 0 Å². The zero-order chi connectivity index (χ0) is 20.2. The number of guanidine groups is 1. The van der Waals surface area contributed by atoms with E-state index in [2.05, 4.69) is 53.4 Å². The van der Waals surface area contributed by atoms with Gasteiger partial charge in [0.15, 0.2) is 5.96 Å². The van der Waals surface area contributed by atoms with Crippen LogP contribution in [0.2, 0.25) is 0 Å². The van der Waals surface area contributed by atoms with Gasteiger partial charge in [-0.05, 0) is 43.4 Å². The molecule has 2 N–H and O–H groups in total. The van der Waals surface area contributed by atoms with Gasteiger partial charge >= 0.3 is 0 Å². The molecule has 0 saturated carbocycles. The monoisotopic (exact) mass is 390 g/mol. The lowest BCUT2D eigenvalue weighted by atomic mass is 10.0. The first-order valence-electron chi connectivity index (χ1n) is 10.6. The molecule has 1 fully saturated rings. The van der Waals surface area contributed by atoms with Crippen molar-refractivity contribution in [1.82, 2.24) is 15.5 Å². The minimum Gasteiger partial charge on any atom is -0.492 e. The third-order valence-electron chi connectivity index (χ3n) is 4.92. The number of rotatable bonds is 10. The molecule has 1 aromatic carbocycles. The van der Waals surface area contributed by atoms with Crippen LogP contribution in [-0.2, 0) is 11.3 Å². The molecule has 1 heterocycles. The van der Waals surface area contributed by atoms with Gasteiger partial charge < -0.3 is 20.1 Å². The van der Waals surface area contributed by atoms with Gasteiger partial charge in [0.2, 0.25) is 0 Å². The van der Waals surface area contributed by atoms with Crippen molar-refractivity contribution in [1.29, 1.82) is 0 Å². The first-order valence-corrected chi connectivity index (χ1v) is 10.6. The molecule has 1 saturated heterocycles. The SMILES string of the molecule is CN=C(NCc1cccc(OCCN2CCOCC2)c1)NC(C)CCC(C)C. The quantitative estimate of drug-likeness (QED) is 0.475. The van der Waals surface area contributed by atoms with Gasteiger partial charge in [-0.1, -0.05) is 26.0 Å². The van der Waals surface area contributed by atoms with Gasteiger partial charge in [0, 0.05) is 39.3 Å². The van der Waals surface area contributed by atoms with E-state index in [0.29, 0.717) is 12.6 Å². The van der Waals surface area contributed by atoms with Crippen LogP contribution in [-0.4, -0.2) is 63.4 Å². The summed E-state index contributed by atoms with van der Waals surface area (Å²) in [5.74, 6) is 2.49. The van der Waals surface area contributed by atoms with Gasteiger partial charge in [-0.15, -0.1) is 0 Å². The molecule has 6 nitrogen and oxygen atoms in total. The van der Waals surface area contributed by atoms with E-state index in [0.717, 1.165) is 63.4 Å². The summed E-state index contributed by atoms with van der Waals surface area (Å²) in [6.07, 6.45) is 2.36. The van der Waals surface area contributed by atoms with E-state index in [4.69, 9.17) is 9.47 Å². The largest absolute Gasteiger partial charge is 0.492 e. The predicted octanol–water partition coefficient (Wildman–Crippen LogP) is 2.89. The molecule has 1 aliphatic heterocycles. The lowest BCUT2D eigenvalue weighted by Gasteiger charge is -2.26.